The van der Waals surface area contributed by atoms with Crippen molar-refractivity contribution in [1.82, 2.24) is 15.0 Å². The first-order valence-electron chi connectivity index (χ1n) is 8.15. The van der Waals surface area contributed by atoms with Crippen LogP contribution in [0.1, 0.15) is 40.0 Å². The van der Waals surface area contributed by atoms with Crippen LogP contribution in [-0.4, -0.2) is 48.2 Å². The van der Waals surface area contributed by atoms with Crippen LogP contribution in [0, 0.1) is 5.92 Å². The Kier molecular flexibility index (Phi) is 5.59. The highest BCUT2D eigenvalue weighted by molar-refractivity contribution is 5.45. The van der Waals surface area contributed by atoms with Gasteiger partial charge in [-0.05, 0) is 32.6 Å². The molecule has 1 fully saturated rings. The second-order valence-electron chi connectivity index (χ2n) is 5.52. The summed E-state index contributed by atoms with van der Waals surface area (Å²) < 4.78 is 0. The normalized spacial score (nSPS) is 16.1. The molecule has 1 aliphatic rings. The molecule has 0 amide bonds. The molecule has 0 unspecified atom stereocenters. The third-order valence-corrected chi connectivity index (χ3v) is 4.36. The zero-order valence-corrected chi connectivity index (χ0v) is 13.8. The van der Waals surface area contributed by atoms with E-state index in [4.69, 9.17) is 0 Å². The Bertz CT molecular complexity index is 438. The number of nitrogens with one attached hydrogen (secondary N) is 1. The number of nitrogens with zero attached hydrogens (tertiary/aromatic N) is 5. The minimum absolute atomic E-state index is 0.652. The van der Waals surface area contributed by atoms with Crippen molar-refractivity contribution in [2.75, 3.05) is 48.3 Å². The lowest BCUT2D eigenvalue weighted by atomic mass is 9.95. The van der Waals surface area contributed by atoms with Gasteiger partial charge in [-0.3, -0.25) is 0 Å². The summed E-state index contributed by atoms with van der Waals surface area (Å²) in [5, 5.41) is 3.05. The highest BCUT2D eigenvalue weighted by Gasteiger charge is 2.21. The highest BCUT2D eigenvalue weighted by atomic mass is 15.4. The van der Waals surface area contributed by atoms with E-state index >= 15 is 0 Å². The van der Waals surface area contributed by atoms with Crippen molar-refractivity contribution in [3.63, 3.8) is 0 Å². The third-order valence-electron chi connectivity index (χ3n) is 4.36. The van der Waals surface area contributed by atoms with Crippen LogP contribution in [0.3, 0.4) is 0 Å². The summed E-state index contributed by atoms with van der Waals surface area (Å²) in [5.74, 6) is 3.09. The zero-order valence-electron chi connectivity index (χ0n) is 13.8. The van der Waals surface area contributed by atoms with Crippen molar-refractivity contribution in [3.8, 4) is 0 Å². The molecule has 0 radical (unpaired) electrons. The van der Waals surface area contributed by atoms with Gasteiger partial charge < -0.3 is 15.1 Å². The molecule has 21 heavy (non-hydrogen) atoms. The summed E-state index contributed by atoms with van der Waals surface area (Å²) >= 11 is 0. The van der Waals surface area contributed by atoms with Gasteiger partial charge in [0.15, 0.2) is 0 Å². The van der Waals surface area contributed by atoms with Crippen LogP contribution >= 0.6 is 0 Å². The smallest absolute Gasteiger partial charge is 0.231 e. The highest BCUT2D eigenvalue weighted by Crippen LogP contribution is 2.24. The van der Waals surface area contributed by atoms with Crippen LogP contribution in [0.15, 0.2) is 0 Å². The molecule has 0 atom stereocenters. The number of hydrogen-bond acceptors (Lipinski definition) is 6. The van der Waals surface area contributed by atoms with E-state index in [1.807, 2.05) is 7.05 Å². The molecule has 0 bridgehead atoms. The predicted octanol–water partition coefficient (Wildman–Crippen LogP) is 2.39. The fourth-order valence-electron chi connectivity index (χ4n) is 2.80. The van der Waals surface area contributed by atoms with E-state index in [-0.39, 0.29) is 0 Å². The second kappa shape index (κ2) is 7.43. The molecule has 1 aromatic heterocycles. The Hall–Kier alpha value is -1.59. The van der Waals surface area contributed by atoms with Gasteiger partial charge in [0.25, 0.3) is 0 Å². The van der Waals surface area contributed by atoms with Crippen molar-refractivity contribution in [3.05, 3.63) is 0 Å². The van der Waals surface area contributed by atoms with Crippen LogP contribution in [0.25, 0.3) is 0 Å². The van der Waals surface area contributed by atoms with E-state index in [0.29, 0.717) is 5.95 Å². The van der Waals surface area contributed by atoms with Gasteiger partial charge >= 0.3 is 0 Å². The number of anilines is 3. The van der Waals surface area contributed by atoms with Gasteiger partial charge in [-0.25, -0.2) is 0 Å². The van der Waals surface area contributed by atoms with E-state index in [1.165, 1.54) is 19.3 Å². The lowest BCUT2D eigenvalue weighted by Gasteiger charge is -2.32. The van der Waals surface area contributed by atoms with Crippen LogP contribution in [0.4, 0.5) is 17.8 Å². The molecular formula is C15H28N6. The van der Waals surface area contributed by atoms with Crippen LogP contribution in [-0.2, 0) is 0 Å². The van der Waals surface area contributed by atoms with Crippen molar-refractivity contribution in [2.45, 2.75) is 40.0 Å². The van der Waals surface area contributed by atoms with Crippen molar-refractivity contribution in [1.29, 1.82) is 0 Å². The van der Waals surface area contributed by atoms with Gasteiger partial charge in [-0.15, -0.1) is 0 Å². The lowest BCUT2D eigenvalue weighted by molar-refractivity contribution is 0.392. The fraction of sp³-hybridized carbons (Fsp3) is 0.800. The van der Waals surface area contributed by atoms with Gasteiger partial charge in [0.05, 0.1) is 0 Å². The molecule has 0 spiro atoms. The number of hydrogen-bond donors (Lipinski definition) is 1. The zero-order chi connectivity index (χ0) is 15.2. The molecule has 0 aliphatic carbocycles. The molecule has 1 saturated heterocycles. The Morgan fingerprint density at radius 1 is 1.10 bits per heavy atom. The van der Waals surface area contributed by atoms with Crippen LogP contribution < -0.4 is 15.1 Å². The molecule has 1 aliphatic heterocycles. The van der Waals surface area contributed by atoms with Gasteiger partial charge in [0, 0.05) is 33.2 Å². The maximum absolute atomic E-state index is 4.69. The van der Waals surface area contributed by atoms with Crippen molar-refractivity contribution >= 4 is 17.8 Å². The first kappa shape index (κ1) is 15.8. The first-order valence-corrected chi connectivity index (χ1v) is 8.15. The van der Waals surface area contributed by atoms with E-state index < -0.39 is 0 Å². The standard InChI is InChI=1S/C15H28N6/c1-5-12-8-10-21(11-9-12)15-18-13(16-4)17-14(19-15)20(6-2)7-3/h12H,5-11H2,1-4H3,(H,16,17,18,19). The predicted molar refractivity (Wildman–Crippen MR) is 88.2 cm³/mol. The van der Waals surface area contributed by atoms with E-state index in [2.05, 4.69) is 50.8 Å². The SMILES string of the molecule is CCC1CCN(c2nc(NC)nc(N(CC)CC)n2)CC1. The van der Waals surface area contributed by atoms with Gasteiger partial charge in [-0.1, -0.05) is 13.3 Å². The summed E-state index contributed by atoms with van der Waals surface area (Å²) in [6, 6.07) is 0. The monoisotopic (exact) mass is 292 g/mol. The molecule has 6 nitrogen and oxygen atoms in total. The van der Waals surface area contributed by atoms with Crippen LogP contribution in [0.2, 0.25) is 0 Å². The summed E-state index contributed by atoms with van der Waals surface area (Å²) in [5.41, 5.74) is 0. The Labute approximate surface area is 128 Å². The van der Waals surface area contributed by atoms with Crippen LogP contribution in [0.5, 0.6) is 0 Å². The number of rotatable bonds is 6. The van der Waals surface area contributed by atoms with Crippen molar-refractivity contribution in [2.24, 2.45) is 5.92 Å². The number of piperidine rings is 1. The average molecular weight is 292 g/mol. The summed E-state index contributed by atoms with van der Waals surface area (Å²) in [6.45, 7) is 10.4. The molecule has 6 heteroatoms. The molecule has 2 rings (SSSR count). The molecule has 1 aromatic rings. The molecule has 1 N–H and O–H groups in total. The lowest BCUT2D eigenvalue weighted by Crippen LogP contribution is -2.35. The summed E-state index contributed by atoms with van der Waals surface area (Å²) in [4.78, 5) is 18.2. The quantitative estimate of drug-likeness (QED) is 0.869. The average Bonchev–Trinajstić information content (AvgIpc) is 2.55. The third kappa shape index (κ3) is 3.74. The summed E-state index contributed by atoms with van der Waals surface area (Å²) in [7, 11) is 1.86. The van der Waals surface area contributed by atoms with E-state index in [0.717, 1.165) is 44.0 Å². The molecule has 118 valence electrons. The second-order valence-corrected chi connectivity index (χ2v) is 5.52. The molecular weight excluding hydrogens is 264 g/mol. The largest absolute Gasteiger partial charge is 0.357 e. The minimum atomic E-state index is 0.652. The molecule has 0 aromatic carbocycles. The first-order chi connectivity index (χ1) is 10.2. The Morgan fingerprint density at radius 3 is 2.29 bits per heavy atom. The maximum Gasteiger partial charge on any atom is 0.231 e. The van der Waals surface area contributed by atoms with Gasteiger partial charge in [0.2, 0.25) is 17.8 Å². The molecule has 0 saturated carbocycles. The van der Waals surface area contributed by atoms with Gasteiger partial charge in [0.1, 0.15) is 0 Å². The van der Waals surface area contributed by atoms with Gasteiger partial charge in [-0.2, -0.15) is 15.0 Å². The maximum atomic E-state index is 4.69. The Balaban J connectivity index is 2.20. The molecule has 2 heterocycles. The van der Waals surface area contributed by atoms with E-state index in [1.54, 1.807) is 0 Å². The fourth-order valence-corrected chi connectivity index (χ4v) is 2.80. The van der Waals surface area contributed by atoms with Crippen molar-refractivity contribution < 1.29 is 0 Å². The number of aromatic nitrogens is 3. The summed E-state index contributed by atoms with van der Waals surface area (Å²) in [6.07, 6.45) is 3.74. The van der Waals surface area contributed by atoms with E-state index in [9.17, 15) is 0 Å². The Morgan fingerprint density at radius 2 is 1.76 bits per heavy atom. The topological polar surface area (TPSA) is 57.2 Å². The minimum Gasteiger partial charge on any atom is -0.357 e.